The molecular weight excluding hydrogens is 925 g/mol. The molecular formula is C69H128O6. The van der Waals surface area contributed by atoms with Crippen LogP contribution in [0.5, 0.6) is 0 Å². The lowest BCUT2D eigenvalue weighted by Gasteiger charge is -2.18. The van der Waals surface area contributed by atoms with E-state index in [9.17, 15) is 14.4 Å². The Balaban J connectivity index is 4.04. The van der Waals surface area contributed by atoms with Gasteiger partial charge >= 0.3 is 17.9 Å². The summed E-state index contributed by atoms with van der Waals surface area (Å²) in [6, 6.07) is 0. The van der Waals surface area contributed by atoms with Crippen LogP contribution in [0.15, 0.2) is 36.5 Å². The van der Waals surface area contributed by atoms with Crippen LogP contribution >= 0.6 is 0 Å². The summed E-state index contributed by atoms with van der Waals surface area (Å²) in [5.74, 6) is -0.861. The molecule has 6 nitrogen and oxygen atoms in total. The Bertz CT molecular complexity index is 1250. The quantitative estimate of drug-likeness (QED) is 0.0261. The molecule has 440 valence electrons. The fourth-order valence-electron chi connectivity index (χ4n) is 10.1. The van der Waals surface area contributed by atoms with E-state index in [4.69, 9.17) is 14.2 Å². The van der Waals surface area contributed by atoms with Gasteiger partial charge in [-0.15, -0.1) is 0 Å². The molecule has 1 atom stereocenters. The average Bonchev–Trinajstić information content (AvgIpc) is 3.41. The smallest absolute Gasteiger partial charge is 0.306 e. The summed E-state index contributed by atoms with van der Waals surface area (Å²) in [5, 5.41) is 0. The third-order valence-corrected chi connectivity index (χ3v) is 15.1. The van der Waals surface area contributed by atoms with Crippen LogP contribution < -0.4 is 0 Å². The van der Waals surface area contributed by atoms with Crippen molar-refractivity contribution in [2.75, 3.05) is 13.2 Å². The molecule has 6 heteroatoms. The van der Waals surface area contributed by atoms with E-state index >= 15 is 0 Å². The zero-order valence-corrected chi connectivity index (χ0v) is 50.6. The highest BCUT2D eigenvalue weighted by Crippen LogP contribution is 2.18. The van der Waals surface area contributed by atoms with Gasteiger partial charge in [-0.2, -0.15) is 0 Å². The summed E-state index contributed by atoms with van der Waals surface area (Å²) in [6.45, 7) is 6.64. The number of hydrogen-bond acceptors (Lipinski definition) is 6. The highest BCUT2D eigenvalue weighted by Gasteiger charge is 2.19. The second kappa shape index (κ2) is 64.2. The largest absolute Gasteiger partial charge is 0.462 e. The second-order valence-corrected chi connectivity index (χ2v) is 22.7. The van der Waals surface area contributed by atoms with Crippen molar-refractivity contribution in [3.63, 3.8) is 0 Å². The number of unbranched alkanes of at least 4 members (excludes halogenated alkanes) is 45. The number of carbonyl (C=O) groups is 3. The summed E-state index contributed by atoms with van der Waals surface area (Å²) >= 11 is 0. The van der Waals surface area contributed by atoms with Gasteiger partial charge in [0.2, 0.25) is 0 Å². The molecule has 0 bridgehead atoms. The first-order valence-corrected chi connectivity index (χ1v) is 33.5. The fourth-order valence-corrected chi connectivity index (χ4v) is 10.1. The Morgan fingerprint density at radius 1 is 0.267 bits per heavy atom. The molecule has 0 aromatic carbocycles. The van der Waals surface area contributed by atoms with Crippen molar-refractivity contribution in [1.29, 1.82) is 0 Å². The minimum atomic E-state index is -0.772. The van der Waals surface area contributed by atoms with Gasteiger partial charge in [0.1, 0.15) is 13.2 Å². The van der Waals surface area contributed by atoms with Crippen molar-refractivity contribution in [2.45, 2.75) is 374 Å². The van der Waals surface area contributed by atoms with E-state index in [1.54, 1.807) is 0 Å². The first-order valence-electron chi connectivity index (χ1n) is 33.5. The normalized spacial score (nSPS) is 12.2. The molecule has 0 saturated carbocycles. The highest BCUT2D eigenvalue weighted by molar-refractivity contribution is 5.71. The molecule has 0 heterocycles. The molecule has 0 aliphatic rings. The zero-order chi connectivity index (χ0) is 54.3. The third kappa shape index (κ3) is 62.4. The predicted octanol–water partition coefficient (Wildman–Crippen LogP) is 22.8. The predicted molar refractivity (Wildman–Crippen MR) is 326 cm³/mol. The average molecular weight is 1050 g/mol. The van der Waals surface area contributed by atoms with Crippen LogP contribution in [0.3, 0.4) is 0 Å². The Kier molecular flexibility index (Phi) is 62.1. The first-order chi connectivity index (χ1) is 37.0. The lowest BCUT2D eigenvalue weighted by molar-refractivity contribution is -0.167. The van der Waals surface area contributed by atoms with E-state index in [2.05, 4.69) is 57.2 Å². The van der Waals surface area contributed by atoms with E-state index in [0.29, 0.717) is 19.3 Å². The van der Waals surface area contributed by atoms with Gasteiger partial charge in [-0.05, 0) is 77.0 Å². The molecule has 0 radical (unpaired) electrons. The summed E-state index contributed by atoms with van der Waals surface area (Å²) in [6.07, 6.45) is 79.1. The van der Waals surface area contributed by atoms with Crippen LogP contribution in [-0.4, -0.2) is 37.2 Å². The minimum Gasteiger partial charge on any atom is -0.462 e. The molecule has 0 aromatic heterocycles. The molecule has 0 rings (SSSR count). The van der Waals surface area contributed by atoms with Crippen molar-refractivity contribution in [2.24, 2.45) is 0 Å². The summed E-state index contributed by atoms with van der Waals surface area (Å²) < 4.78 is 16.9. The van der Waals surface area contributed by atoms with Crippen LogP contribution in [0.1, 0.15) is 367 Å². The molecule has 75 heavy (non-hydrogen) atoms. The molecule has 0 aliphatic heterocycles. The van der Waals surface area contributed by atoms with Gasteiger partial charge in [0.05, 0.1) is 0 Å². The summed E-state index contributed by atoms with van der Waals surface area (Å²) in [5.41, 5.74) is 0. The van der Waals surface area contributed by atoms with Crippen molar-refractivity contribution < 1.29 is 28.6 Å². The monoisotopic (exact) mass is 1050 g/mol. The van der Waals surface area contributed by atoms with Crippen molar-refractivity contribution in [3.05, 3.63) is 36.5 Å². The van der Waals surface area contributed by atoms with Crippen molar-refractivity contribution in [3.8, 4) is 0 Å². The number of allylic oxidation sites excluding steroid dienone is 6. The highest BCUT2D eigenvalue weighted by atomic mass is 16.6. The van der Waals surface area contributed by atoms with Gasteiger partial charge in [-0.3, -0.25) is 14.4 Å². The number of carbonyl (C=O) groups excluding carboxylic acids is 3. The number of esters is 3. The van der Waals surface area contributed by atoms with Gasteiger partial charge in [0.15, 0.2) is 6.10 Å². The molecule has 0 spiro atoms. The molecule has 0 amide bonds. The van der Waals surface area contributed by atoms with Crippen LogP contribution in [0, 0.1) is 0 Å². The minimum absolute atomic E-state index is 0.0707. The zero-order valence-electron chi connectivity index (χ0n) is 50.6. The van der Waals surface area contributed by atoms with Crippen LogP contribution in [-0.2, 0) is 28.6 Å². The lowest BCUT2D eigenvalue weighted by atomic mass is 10.0. The van der Waals surface area contributed by atoms with E-state index in [0.717, 1.165) is 70.6 Å². The van der Waals surface area contributed by atoms with Gasteiger partial charge < -0.3 is 14.2 Å². The Morgan fingerprint density at radius 3 is 0.760 bits per heavy atom. The van der Waals surface area contributed by atoms with E-state index in [1.807, 2.05) is 0 Å². The van der Waals surface area contributed by atoms with Gasteiger partial charge in [-0.25, -0.2) is 0 Å². The fraction of sp³-hybridized carbons (Fsp3) is 0.870. The third-order valence-electron chi connectivity index (χ3n) is 15.1. The van der Waals surface area contributed by atoms with Gasteiger partial charge in [0.25, 0.3) is 0 Å². The topological polar surface area (TPSA) is 78.9 Å². The van der Waals surface area contributed by atoms with Gasteiger partial charge in [-0.1, -0.05) is 308 Å². The van der Waals surface area contributed by atoms with Gasteiger partial charge in [0, 0.05) is 19.3 Å². The number of rotatable bonds is 62. The van der Waals surface area contributed by atoms with E-state index < -0.39 is 6.10 Å². The maximum Gasteiger partial charge on any atom is 0.306 e. The van der Waals surface area contributed by atoms with Crippen molar-refractivity contribution >= 4 is 17.9 Å². The first kappa shape index (κ1) is 72.6. The summed E-state index contributed by atoms with van der Waals surface area (Å²) in [4.78, 5) is 38.1. The molecule has 0 aliphatic carbocycles. The second-order valence-electron chi connectivity index (χ2n) is 22.7. The Hall–Kier alpha value is -2.37. The SMILES string of the molecule is CCCCCC/C=C\C/C=C\CCCCCCCCCC(=O)OC(COC(=O)CCCCCCCCCC)COC(=O)CCCCCCCCCCCCCCCCCCCCC/C=C\CCCCCCCCCC. The Labute approximate surface area is 467 Å². The molecule has 0 N–H and O–H groups in total. The molecule has 0 fully saturated rings. The number of ether oxygens (including phenoxy) is 3. The maximum atomic E-state index is 12.9. The lowest BCUT2D eigenvalue weighted by Crippen LogP contribution is -2.30. The van der Waals surface area contributed by atoms with Crippen molar-refractivity contribution in [1.82, 2.24) is 0 Å². The standard InChI is InChI=1S/C69H128O6/c1-4-7-10-13-16-19-21-23-25-27-29-30-31-32-33-34-35-36-37-38-39-40-41-43-44-46-48-50-53-56-59-62-68(71)74-65-66(64-73-67(70)61-58-55-52-18-15-12-9-6-3)75-69(72)63-60-57-54-51-49-47-45-42-28-26-24-22-20-17-14-11-8-5-2/h20,22,26-29,66H,4-19,21,23-25,30-65H2,1-3H3/b22-20-,28-26-,29-27-. The summed E-state index contributed by atoms with van der Waals surface area (Å²) in [7, 11) is 0. The molecule has 0 aromatic rings. The Morgan fingerprint density at radius 2 is 0.480 bits per heavy atom. The van der Waals surface area contributed by atoms with E-state index in [1.165, 1.54) is 257 Å². The van der Waals surface area contributed by atoms with Crippen LogP contribution in [0.4, 0.5) is 0 Å². The number of hydrogen-bond donors (Lipinski definition) is 0. The maximum absolute atomic E-state index is 12.9. The van der Waals surface area contributed by atoms with Crippen LogP contribution in [0.25, 0.3) is 0 Å². The molecule has 1 unspecified atom stereocenters. The van der Waals surface area contributed by atoms with E-state index in [-0.39, 0.29) is 31.1 Å². The molecule has 0 saturated heterocycles. The van der Waals surface area contributed by atoms with Crippen LogP contribution in [0.2, 0.25) is 0 Å².